The summed E-state index contributed by atoms with van der Waals surface area (Å²) in [5.41, 5.74) is 1.35. The zero-order chi connectivity index (χ0) is 19.5. The number of furan rings is 1. The van der Waals surface area contributed by atoms with E-state index < -0.39 is 11.5 Å². The highest BCUT2D eigenvalue weighted by molar-refractivity contribution is 9.10. The highest BCUT2D eigenvalue weighted by Crippen LogP contribution is 2.29. The van der Waals surface area contributed by atoms with E-state index >= 15 is 0 Å². The minimum Gasteiger partial charge on any atom is -0.444 e. The molecule has 4 rings (SSSR count). The summed E-state index contributed by atoms with van der Waals surface area (Å²) < 4.78 is 11.1. The van der Waals surface area contributed by atoms with Crippen LogP contribution in [0.1, 0.15) is 16.1 Å². The summed E-state index contributed by atoms with van der Waals surface area (Å²) >= 11 is 3.16. The Hall–Kier alpha value is -3.32. The van der Waals surface area contributed by atoms with Crippen LogP contribution in [0.2, 0.25) is 0 Å². The highest BCUT2D eigenvalue weighted by atomic mass is 79.9. The average molecular weight is 439 g/mol. The molecule has 1 amide bonds. The lowest BCUT2D eigenvalue weighted by atomic mass is 10.1. The van der Waals surface area contributed by atoms with Gasteiger partial charge in [0.25, 0.3) is 5.91 Å². The monoisotopic (exact) mass is 438 g/mol. The first-order valence-electron chi connectivity index (χ1n) is 8.52. The fraction of sp³-hybridized carbons (Fsp3) is 0.0476. The van der Waals surface area contributed by atoms with E-state index in [1.54, 1.807) is 18.2 Å². The van der Waals surface area contributed by atoms with Gasteiger partial charge in [-0.25, -0.2) is 4.79 Å². The summed E-state index contributed by atoms with van der Waals surface area (Å²) in [5.74, 6) is -0.468. The number of carbonyl (C=O) groups excluding carboxylic acids is 1. The smallest absolute Gasteiger partial charge is 0.362 e. The van der Waals surface area contributed by atoms with Gasteiger partial charge < -0.3 is 19.5 Å². The third-order valence-electron chi connectivity index (χ3n) is 4.16. The van der Waals surface area contributed by atoms with Crippen molar-refractivity contribution in [2.24, 2.45) is 0 Å². The van der Waals surface area contributed by atoms with Gasteiger partial charge in [-0.15, -0.1) is 0 Å². The number of hydrogen-bond donors (Lipinski definition) is 2. The van der Waals surface area contributed by atoms with Crippen molar-refractivity contribution in [3.05, 3.63) is 93.1 Å². The van der Waals surface area contributed by atoms with Crippen LogP contribution in [0.25, 0.3) is 11.0 Å². The molecule has 2 heterocycles. The number of fused-ring (bicyclic) bond motifs is 1. The van der Waals surface area contributed by atoms with E-state index in [1.165, 1.54) is 6.07 Å². The molecule has 0 atom stereocenters. The Labute approximate surface area is 168 Å². The van der Waals surface area contributed by atoms with Gasteiger partial charge in [-0.1, -0.05) is 42.5 Å². The first-order chi connectivity index (χ1) is 13.6. The van der Waals surface area contributed by atoms with Gasteiger partial charge in [0, 0.05) is 11.9 Å². The molecule has 0 saturated heterocycles. The number of halogens is 1. The molecular weight excluding hydrogens is 424 g/mol. The molecule has 0 spiro atoms. The largest absolute Gasteiger partial charge is 0.444 e. The molecule has 4 aromatic rings. The van der Waals surface area contributed by atoms with Crippen molar-refractivity contribution in [3.8, 4) is 0 Å². The quantitative estimate of drug-likeness (QED) is 0.427. The fourth-order valence-corrected chi connectivity index (χ4v) is 3.15. The zero-order valence-corrected chi connectivity index (χ0v) is 16.2. The number of nitrogens with one attached hydrogen (secondary N) is 2. The normalized spacial score (nSPS) is 10.8. The van der Waals surface area contributed by atoms with E-state index in [0.717, 1.165) is 5.56 Å². The Balaban J connectivity index is 1.74. The molecule has 0 aliphatic rings. The molecule has 6 nitrogen and oxygen atoms in total. The van der Waals surface area contributed by atoms with Crippen molar-refractivity contribution < 1.29 is 13.6 Å². The van der Waals surface area contributed by atoms with Gasteiger partial charge >= 0.3 is 5.63 Å². The molecule has 0 aliphatic carbocycles. The van der Waals surface area contributed by atoms with Crippen LogP contribution in [-0.4, -0.2) is 5.91 Å². The molecule has 140 valence electrons. The van der Waals surface area contributed by atoms with Crippen LogP contribution in [0, 0.1) is 0 Å². The predicted octanol–water partition coefficient (Wildman–Crippen LogP) is 5.01. The zero-order valence-electron chi connectivity index (χ0n) is 14.6. The Morgan fingerprint density at radius 1 is 0.893 bits per heavy atom. The Kier molecular flexibility index (Phi) is 4.99. The van der Waals surface area contributed by atoms with Crippen LogP contribution in [0.4, 0.5) is 11.4 Å². The second-order valence-corrected chi connectivity index (χ2v) is 6.81. The maximum atomic E-state index is 12.6. The maximum absolute atomic E-state index is 12.6. The van der Waals surface area contributed by atoms with Crippen molar-refractivity contribution in [2.75, 3.05) is 10.6 Å². The van der Waals surface area contributed by atoms with E-state index in [0.29, 0.717) is 27.9 Å². The van der Waals surface area contributed by atoms with Gasteiger partial charge in [0.1, 0.15) is 5.58 Å². The highest BCUT2D eigenvalue weighted by Gasteiger charge is 2.19. The number of hydrogen-bond acceptors (Lipinski definition) is 5. The first-order valence-corrected chi connectivity index (χ1v) is 9.31. The lowest BCUT2D eigenvalue weighted by Gasteiger charge is -2.14. The number of carbonyl (C=O) groups is 1. The first kappa shape index (κ1) is 18.1. The van der Waals surface area contributed by atoms with Crippen LogP contribution < -0.4 is 16.3 Å². The van der Waals surface area contributed by atoms with Crippen molar-refractivity contribution in [2.45, 2.75) is 6.54 Å². The van der Waals surface area contributed by atoms with Crippen molar-refractivity contribution in [1.29, 1.82) is 0 Å². The topological polar surface area (TPSA) is 84.5 Å². The molecule has 28 heavy (non-hydrogen) atoms. The minimum absolute atomic E-state index is 0.0344. The molecule has 0 saturated carbocycles. The molecule has 0 fully saturated rings. The van der Waals surface area contributed by atoms with Crippen molar-refractivity contribution in [1.82, 2.24) is 0 Å². The summed E-state index contributed by atoms with van der Waals surface area (Å²) in [6, 6.07) is 20.0. The summed E-state index contributed by atoms with van der Waals surface area (Å²) in [5, 5.41) is 6.56. The molecule has 2 aromatic carbocycles. The summed E-state index contributed by atoms with van der Waals surface area (Å²) in [6.07, 6.45) is 0. The van der Waals surface area contributed by atoms with Gasteiger partial charge in [-0.2, -0.15) is 0 Å². The van der Waals surface area contributed by atoms with E-state index in [2.05, 4.69) is 26.6 Å². The van der Waals surface area contributed by atoms with Crippen LogP contribution >= 0.6 is 15.9 Å². The lowest BCUT2D eigenvalue weighted by Crippen LogP contribution is -2.20. The Bertz CT molecular complexity index is 1200. The fourth-order valence-electron chi connectivity index (χ4n) is 2.84. The molecule has 2 N–H and O–H groups in total. The van der Waals surface area contributed by atoms with E-state index in [4.69, 9.17) is 8.83 Å². The van der Waals surface area contributed by atoms with Crippen LogP contribution in [0.3, 0.4) is 0 Å². The predicted molar refractivity (Wildman–Crippen MR) is 111 cm³/mol. The summed E-state index contributed by atoms with van der Waals surface area (Å²) in [4.78, 5) is 25.1. The molecule has 7 heteroatoms. The van der Waals surface area contributed by atoms with Gasteiger partial charge in [-0.05, 0) is 45.8 Å². The van der Waals surface area contributed by atoms with Gasteiger partial charge in [0.2, 0.25) is 0 Å². The van der Waals surface area contributed by atoms with E-state index in [9.17, 15) is 9.59 Å². The van der Waals surface area contributed by atoms with Crippen LogP contribution in [0.15, 0.2) is 85.0 Å². The number of anilines is 2. The number of benzene rings is 2. The molecule has 0 bridgehead atoms. The van der Waals surface area contributed by atoms with E-state index in [-0.39, 0.29) is 11.4 Å². The number of rotatable bonds is 5. The number of amides is 1. The molecule has 0 unspecified atom stereocenters. The second kappa shape index (κ2) is 7.74. The molecular formula is C21H15BrN2O4. The Morgan fingerprint density at radius 2 is 1.64 bits per heavy atom. The average Bonchev–Trinajstić information content (AvgIpc) is 3.15. The molecule has 0 aliphatic heterocycles. The van der Waals surface area contributed by atoms with Gasteiger partial charge in [0.15, 0.2) is 16.1 Å². The SMILES string of the molecule is O=C(Nc1c(NCc2ccccc2)c2ccccc2oc1=O)c1ccc(Br)o1. The van der Waals surface area contributed by atoms with Gasteiger partial charge in [0.05, 0.1) is 5.69 Å². The van der Waals surface area contributed by atoms with Crippen LogP contribution in [0.5, 0.6) is 0 Å². The second-order valence-electron chi connectivity index (χ2n) is 6.03. The van der Waals surface area contributed by atoms with E-state index in [1.807, 2.05) is 42.5 Å². The van der Waals surface area contributed by atoms with Crippen molar-refractivity contribution >= 4 is 44.2 Å². The van der Waals surface area contributed by atoms with Crippen molar-refractivity contribution in [3.63, 3.8) is 0 Å². The van der Waals surface area contributed by atoms with Gasteiger partial charge in [-0.3, -0.25) is 4.79 Å². The standard InChI is InChI=1S/C21H15BrN2O4/c22-17-11-10-16(27-17)20(25)24-19-18(23-12-13-6-2-1-3-7-13)14-8-4-5-9-15(14)28-21(19)26/h1-11,23H,12H2,(H,24,25). The summed E-state index contributed by atoms with van der Waals surface area (Å²) in [6.45, 7) is 0.476. The van der Waals surface area contributed by atoms with Crippen LogP contribution in [-0.2, 0) is 6.54 Å². The Morgan fingerprint density at radius 3 is 2.39 bits per heavy atom. The summed E-state index contributed by atoms with van der Waals surface area (Å²) in [7, 11) is 0. The molecule has 0 radical (unpaired) electrons. The minimum atomic E-state index is -0.645. The molecule has 2 aromatic heterocycles. The maximum Gasteiger partial charge on any atom is 0.362 e. The third kappa shape index (κ3) is 3.70. The lowest BCUT2D eigenvalue weighted by molar-refractivity contribution is 0.0995. The number of para-hydroxylation sites is 1. The third-order valence-corrected chi connectivity index (χ3v) is 4.59.